The van der Waals surface area contributed by atoms with Gasteiger partial charge in [-0.05, 0) is 67.7 Å². The van der Waals surface area contributed by atoms with Crippen molar-refractivity contribution < 1.29 is 4.79 Å². The number of rotatable bonds is 8. The molecule has 0 spiro atoms. The number of hydrogen-bond acceptors (Lipinski definition) is 4. The zero-order valence-corrected chi connectivity index (χ0v) is 19.4. The molecular weight excluding hydrogens is 380 g/mol. The fraction of sp³-hybridized carbons (Fsp3) is 0.609. The summed E-state index contributed by atoms with van der Waals surface area (Å²) in [6.45, 7) is 14.7. The maximum atomic E-state index is 12.3. The molecule has 5 nitrogen and oxygen atoms in total. The average molecular weight is 415 g/mol. The third-order valence-electron chi connectivity index (χ3n) is 5.60. The Bertz CT molecular complexity index is 854. The summed E-state index contributed by atoms with van der Waals surface area (Å²) in [4.78, 5) is 12.3. The van der Waals surface area contributed by atoms with Crippen molar-refractivity contribution in [1.82, 2.24) is 20.1 Å². The summed E-state index contributed by atoms with van der Waals surface area (Å²) in [5, 5.41) is 12.5. The number of aryl methyl sites for hydroxylation is 2. The molecule has 1 saturated carbocycles. The van der Waals surface area contributed by atoms with Crippen LogP contribution in [0.1, 0.15) is 74.5 Å². The molecule has 1 heterocycles. The zero-order chi connectivity index (χ0) is 21.2. The van der Waals surface area contributed by atoms with E-state index in [0.29, 0.717) is 18.2 Å². The lowest BCUT2D eigenvalue weighted by molar-refractivity contribution is -0.118. The molecule has 0 unspecified atom stereocenters. The summed E-state index contributed by atoms with van der Waals surface area (Å²) >= 11 is 1.48. The molecule has 0 saturated heterocycles. The lowest BCUT2D eigenvalue weighted by Gasteiger charge is -2.22. The second-order valence-electron chi connectivity index (χ2n) is 9.09. The number of carbonyl (C=O) groups is 1. The second-order valence-corrected chi connectivity index (χ2v) is 10.0. The lowest BCUT2D eigenvalue weighted by atomic mass is 9.83. The molecule has 3 rings (SSSR count). The topological polar surface area (TPSA) is 59.8 Å². The van der Waals surface area contributed by atoms with E-state index >= 15 is 0 Å². The van der Waals surface area contributed by atoms with E-state index < -0.39 is 0 Å². The summed E-state index contributed by atoms with van der Waals surface area (Å²) in [5.74, 6) is 2.08. The molecule has 29 heavy (non-hydrogen) atoms. The molecule has 1 aliphatic carbocycles. The van der Waals surface area contributed by atoms with Crippen LogP contribution in [0.4, 0.5) is 0 Å². The van der Waals surface area contributed by atoms with Gasteiger partial charge >= 0.3 is 0 Å². The van der Waals surface area contributed by atoms with Gasteiger partial charge in [-0.1, -0.05) is 44.7 Å². The monoisotopic (exact) mass is 414 g/mol. The van der Waals surface area contributed by atoms with E-state index in [1.165, 1.54) is 46.9 Å². The molecule has 1 fully saturated rings. The zero-order valence-electron chi connectivity index (χ0n) is 18.6. The van der Waals surface area contributed by atoms with Gasteiger partial charge in [0.05, 0.1) is 5.75 Å². The number of nitrogens with one attached hydrogen (secondary N) is 1. The van der Waals surface area contributed by atoms with Crippen molar-refractivity contribution in [3.8, 4) is 0 Å². The van der Waals surface area contributed by atoms with Crippen molar-refractivity contribution in [2.24, 2.45) is 0 Å². The molecular formula is C23H34N4OS. The fourth-order valence-electron chi connectivity index (χ4n) is 3.68. The Kier molecular flexibility index (Phi) is 6.72. The highest BCUT2D eigenvalue weighted by Crippen LogP contribution is 2.39. The largest absolute Gasteiger partial charge is 0.355 e. The highest BCUT2D eigenvalue weighted by atomic mass is 32.2. The minimum Gasteiger partial charge on any atom is -0.355 e. The third kappa shape index (κ3) is 5.41. The van der Waals surface area contributed by atoms with Crippen LogP contribution in [0.15, 0.2) is 17.3 Å². The minimum absolute atomic E-state index is 0.0512. The molecule has 1 aromatic carbocycles. The van der Waals surface area contributed by atoms with Gasteiger partial charge in [0.1, 0.15) is 5.82 Å². The Morgan fingerprint density at radius 3 is 2.41 bits per heavy atom. The Morgan fingerprint density at radius 1 is 1.21 bits per heavy atom. The van der Waals surface area contributed by atoms with Gasteiger partial charge in [0.25, 0.3) is 0 Å². The van der Waals surface area contributed by atoms with Crippen LogP contribution in [-0.2, 0) is 23.2 Å². The predicted octanol–water partition coefficient (Wildman–Crippen LogP) is 4.54. The molecule has 0 radical (unpaired) electrons. The Balaban J connectivity index is 1.50. The van der Waals surface area contributed by atoms with Gasteiger partial charge in [-0.25, -0.2) is 0 Å². The molecule has 1 N–H and O–H groups in total. The number of benzene rings is 1. The van der Waals surface area contributed by atoms with E-state index in [-0.39, 0.29) is 11.3 Å². The Labute approximate surface area is 179 Å². The Morgan fingerprint density at radius 2 is 1.86 bits per heavy atom. The van der Waals surface area contributed by atoms with Gasteiger partial charge in [-0.15, -0.1) is 10.2 Å². The summed E-state index contributed by atoms with van der Waals surface area (Å²) in [6.07, 6.45) is 3.27. The number of carbonyl (C=O) groups excluding carboxylic acids is 1. The molecule has 158 valence electrons. The van der Waals surface area contributed by atoms with E-state index in [1.54, 1.807) is 0 Å². The SMILES string of the molecule is CCn1c(SCC(=O)NCCc2c(C)cc(C(C)(C)C)cc2C)nnc1C1CC1. The number of nitrogens with zero attached hydrogens (tertiary/aromatic N) is 3. The molecule has 0 aliphatic heterocycles. The van der Waals surface area contributed by atoms with Gasteiger partial charge in [-0.3, -0.25) is 4.79 Å². The second kappa shape index (κ2) is 8.90. The first kappa shape index (κ1) is 21.9. The van der Waals surface area contributed by atoms with Crippen molar-refractivity contribution in [1.29, 1.82) is 0 Å². The summed E-state index contributed by atoms with van der Waals surface area (Å²) < 4.78 is 2.15. The van der Waals surface area contributed by atoms with Crippen molar-refractivity contribution in [3.63, 3.8) is 0 Å². The van der Waals surface area contributed by atoms with E-state index in [4.69, 9.17) is 0 Å². The summed E-state index contributed by atoms with van der Waals surface area (Å²) in [6, 6.07) is 4.57. The van der Waals surface area contributed by atoms with E-state index in [2.05, 4.69) is 73.8 Å². The van der Waals surface area contributed by atoms with Crippen LogP contribution in [0.5, 0.6) is 0 Å². The molecule has 1 aromatic heterocycles. The van der Waals surface area contributed by atoms with Gasteiger partial charge in [0.15, 0.2) is 5.16 Å². The molecule has 1 amide bonds. The smallest absolute Gasteiger partial charge is 0.230 e. The molecule has 1 aliphatic rings. The summed E-state index contributed by atoms with van der Waals surface area (Å²) in [5.41, 5.74) is 5.47. The predicted molar refractivity (Wildman–Crippen MR) is 120 cm³/mol. The van der Waals surface area contributed by atoms with Crippen LogP contribution in [-0.4, -0.2) is 33.0 Å². The minimum atomic E-state index is 0.0512. The van der Waals surface area contributed by atoms with Crippen LogP contribution in [0.2, 0.25) is 0 Å². The van der Waals surface area contributed by atoms with Crippen LogP contribution in [0.3, 0.4) is 0 Å². The number of amides is 1. The normalized spacial score (nSPS) is 14.3. The lowest BCUT2D eigenvalue weighted by Crippen LogP contribution is -2.28. The third-order valence-corrected chi connectivity index (χ3v) is 6.56. The van der Waals surface area contributed by atoms with Gasteiger partial charge < -0.3 is 9.88 Å². The first-order valence-electron chi connectivity index (χ1n) is 10.6. The Hall–Kier alpha value is -1.82. The maximum Gasteiger partial charge on any atom is 0.230 e. The van der Waals surface area contributed by atoms with Crippen molar-refractivity contribution in [2.75, 3.05) is 12.3 Å². The van der Waals surface area contributed by atoms with E-state index in [0.717, 1.165) is 23.9 Å². The maximum absolute atomic E-state index is 12.3. The number of hydrogen-bond donors (Lipinski definition) is 1. The van der Waals surface area contributed by atoms with E-state index in [1.807, 2.05) is 0 Å². The standard InChI is InChI=1S/C23H34N4OS/c1-7-27-21(17-8-9-17)25-26-22(27)29-14-20(28)24-11-10-19-15(2)12-18(13-16(19)3)23(4,5)6/h12-13,17H,7-11,14H2,1-6H3,(H,24,28). The number of aromatic nitrogens is 3. The first-order valence-corrected chi connectivity index (χ1v) is 11.6. The van der Waals surface area contributed by atoms with Crippen LogP contribution >= 0.6 is 11.8 Å². The van der Waals surface area contributed by atoms with Crippen molar-refractivity contribution in [2.45, 2.75) is 83.8 Å². The average Bonchev–Trinajstić information content (AvgIpc) is 3.41. The fourth-order valence-corrected chi connectivity index (χ4v) is 4.52. The van der Waals surface area contributed by atoms with Crippen LogP contribution in [0, 0.1) is 13.8 Å². The molecule has 0 atom stereocenters. The summed E-state index contributed by atoms with van der Waals surface area (Å²) in [7, 11) is 0. The first-order chi connectivity index (χ1) is 13.7. The van der Waals surface area contributed by atoms with Crippen molar-refractivity contribution in [3.05, 3.63) is 40.2 Å². The molecule has 2 aromatic rings. The van der Waals surface area contributed by atoms with Crippen LogP contribution < -0.4 is 5.32 Å². The van der Waals surface area contributed by atoms with E-state index in [9.17, 15) is 4.79 Å². The van der Waals surface area contributed by atoms with Crippen LogP contribution in [0.25, 0.3) is 0 Å². The quantitative estimate of drug-likeness (QED) is 0.644. The molecule has 0 bridgehead atoms. The van der Waals surface area contributed by atoms with Gasteiger partial charge in [0, 0.05) is 19.0 Å². The van der Waals surface area contributed by atoms with Crippen molar-refractivity contribution >= 4 is 17.7 Å². The highest BCUT2D eigenvalue weighted by molar-refractivity contribution is 7.99. The molecule has 6 heteroatoms. The van der Waals surface area contributed by atoms with Gasteiger partial charge in [0.2, 0.25) is 5.91 Å². The van der Waals surface area contributed by atoms with Gasteiger partial charge in [-0.2, -0.15) is 0 Å². The highest BCUT2D eigenvalue weighted by Gasteiger charge is 2.30. The number of thioether (sulfide) groups is 1.